The van der Waals surface area contributed by atoms with Gasteiger partial charge in [-0.15, -0.1) is 0 Å². The Balaban J connectivity index is 3.13. The molecular formula is C23H36N4O5. The molecule has 0 heterocycles. The second kappa shape index (κ2) is 13.5. The van der Waals surface area contributed by atoms with Crippen LogP contribution in [-0.2, 0) is 25.6 Å². The van der Waals surface area contributed by atoms with E-state index in [0.717, 1.165) is 5.56 Å². The molecule has 5 unspecified atom stereocenters. The molecule has 1 aromatic carbocycles. The molecule has 0 radical (unpaired) electrons. The van der Waals surface area contributed by atoms with E-state index >= 15 is 0 Å². The lowest BCUT2D eigenvalue weighted by molar-refractivity contribution is -0.143. The van der Waals surface area contributed by atoms with Crippen LogP contribution in [0.4, 0.5) is 0 Å². The van der Waals surface area contributed by atoms with E-state index in [1.165, 1.54) is 0 Å². The molecular weight excluding hydrogens is 412 g/mol. The summed E-state index contributed by atoms with van der Waals surface area (Å²) >= 11 is 0. The molecule has 178 valence electrons. The number of nitrogens with two attached hydrogens (primary N) is 1. The molecule has 0 spiro atoms. The van der Waals surface area contributed by atoms with E-state index in [-0.39, 0.29) is 24.8 Å². The molecule has 0 saturated carbocycles. The number of carboxylic acid groups (broad SMARTS) is 1. The van der Waals surface area contributed by atoms with Crippen LogP contribution in [0.2, 0.25) is 0 Å². The van der Waals surface area contributed by atoms with Crippen molar-refractivity contribution < 1.29 is 24.3 Å². The minimum absolute atomic E-state index is 0.170. The monoisotopic (exact) mass is 448 g/mol. The number of carbonyl (C=O) groups is 4. The van der Waals surface area contributed by atoms with E-state index in [2.05, 4.69) is 16.0 Å². The summed E-state index contributed by atoms with van der Waals surface area (Å²) in [6.45, 7) is 7.02. The van der Waals surface area contributed by atoms with Crippen LogP contribution in [0.3, 0.4) is 0 Å². The molecule has 5 atom stereocenters. The molecule has 9 heteroatoms. The highest BCUT2D eigenvalue weighted by Crippen LogP contribution is 2.12. The summed E-state index contributed by atoms with van der Waals surface area (Å²) in [5.41, 5.74) is 6.18. The van der Waals surface area contributed by atoms with Gasteiger partial charge < -0.3 is 26.8 Å². The van der Waals surface area contributed by atoms with Crippen LogP contribution in [0.5, 0.6) is 0 Å². The zero-order valence-corrected chi connectivity index (χ0v) is 19.3. The number of benzene rings is 1. The van der Waals surface area contributed by atoms with Gasteiger partial charge >= 0.3 is 5.97 Å². The Bertz CT molecular complexity index is 771. The summed E-state index contributed by atoms with van der Waals surface area (Å²) in [7, 11) is 0. The molecule has 0 aliphatic heterocycles. The standard InChI is InChI=1S/C23H36N4O5/c1-5-14(3)19(26-18(28)13-24)22(30)25-17(12-16-10-8-7-9-11-16)21(29)27-20(23(31)32)15(4)6-2/h7-11,14-15,17,19-20H,5-6,12-13,24H2,1-4H3,(H,25,30)(H,26,28)(H,27,29)(H,31,32). The Hall–Kier alpha value is -2.94. The highest BCUT2D eigenvalue weighted by atomic mass is 16.4. The predicted molar refractivity (Wildman–Crippen MR) is 122 cm³/mol. The fraction of sp³-hybridized carbons (Fsp3) is 0.565. The van der Waals surface area contributed by atoms with Gasteiger partial charge in [0.2, 0.25) is 17.7 Å². The smallest absolute Gasteiger partial charge is 0.326 e. The number of carbonyl (C=O) groups excluding carboxylic acids is 3. The highest BCUT2D eigenvalue weighted by Gasteiger charge is 2.32. The average molecular weight is 449 g/mol. The van der Waals surface area contributed by atoms with Crippen LogP contribution in [0.1, 0.15) is 46.1 Å². The van der Waals surface area contributed by atoms with Gasteiger partial charge in [-0.3, -0.25) is 14.4 Å². The molecule has 3 amide bonds. The average Bonchev–Trinajstić information content (AvgIpc) is 2.79. The summed E-state index contributed by atoms with van der Waals surface area (Å²) < 4.78 is 0. The van der Waals surface area contributed by atoms with Crippen LogP contribution in [0.25, 0.3) is 0 Å². The quantitative estimate of drug-likeness (QED) is 0.301. The molecule has 0 aliphatic carbocycles. The first-order chi connectivity index (χ1) is 15.1. The maximum absolute atomic E-state index is 13.1. The van der Waals surface area contributed by atoms with Crippen molar-refractivity contribution in [3.05, 3.63) is 35.9 Å². The number of carboxylic acids is 1. The number of nitrogens with one attached hydrogen (secondary N) is 3. The third kappa shape index (κ3) is 8.30. The Kier molecular flexibility index (Phi) is 11.4. The third-order valence-corrected chi connectivity index (χ3v) is 5.69. The van der Waals surface area contributed by atoms with Gasteiger partial charge in [0.1, 0.15) is 18.1 Å². The van der Waals surface area contributed by atoms with Crippen LogP contribution >= 0.6 is 0 Å². The molecule has 0 fully saturated rings. The van der Waals surface area contributed by atoms with E-state index < -0.39 is 41.8 Å². The summed E-state index contributed by atoms with van der Waals surface area (Å²) in [6, 6.07) is 6.14. The molecule has 0 bridgehead atoms. The topological polar surface area (TPSA) is 151 Å². The highest BCUT2D eigenvalue weighted by molar-refractivity contribution is 5.94. The lowest BCUT2D eigenvalue weighted by Crippen LogP contribution is -2.58. The predicted octanol–water partition coefficient (Wildman–Crippen LogP) is 0.819. The van der Waals surface area contributed by atoms with Crippen molar-refractivity contribution in [3.8, 4) is 0 Å². The van der Waals surface area contributed by atoms with E-state index in [1.807, 2.05) is 51.1 Å². The lowest BCUT2D eigenvalue weighted by atomic mass is 9.96. The van der Waals surface area contributed by atoms with Crippen LogP contribution in [-0.4, -0.2) is 53.5 Å². The normalized spacial score (nSPS) is 15.5. The first-order valence-electron chi connectivity index (χ1n) is 11.0. The van der Waals surface area contributed by atoms with Crippen molar-refractivity contribution in [2.24, 2.45) is 17.6 Å². The van der Waals surface area contributed by atoms with Crippen molar-refractivity contribution in [2.75, 3.05) is 6.54 Å². The molecule has 6 N–H and O–H groups in total. The Morgan fingerprint density at radius 2 is 1.44 bits per heavy atom. The first kappa shape index (κ1) is 27.1. The number of hydrogen-bond acceptors (Lipinski definition) is 5. The van der Waals surface area contributed by atoms with Gasteiger partial charge in [-0.05, 0) is 17.4 Å². The number of rotatable bonds is 13. The zero-order valence-electron chi connectivity index (χ0n) is 19.3. The van der Waals surface area contributed by atoms with Crippen molar-refractivity contribution >= 4 is 23.7 Å². The van der Waals surface area contributed by atoms with Gasteiger partial charge in [-0.25, -0.2) is 4.79 Å². The Labute approximate surface area is 189 Å². The zero-order chi connectivity index (χ0) is 24.3. The maximum atomic E-state index is 13.1. The number of aliphatic carboxylic acids is 1. The van der Waals surface area contributed by atoms with Gasteiger partial charge in [0.15, 0.2) is 0 Å². The van der Waals surface area contributed by atoms with Gasteiger partial charge in [0, 0.05) is 6.42 Å². The maximum Gasteiger partial charge on any atom is 0.326 e. The molecule has 0 saturated heterocycles. The van der Waals surface area contributed by atoms with E-state index in [1.54, 1.807) is 6.92 Å². The first-order valence-corrected chi connectivity index (χ1v) is 11.0. The number of amides is 3. The largest absolute Gasteiger partial charge is 0.480 e. The van der Waals surface area contributed by atoms with Crippen molar-refractivity contribution in [1.29, 1.82) is 0 Å². The van der Waals surface area contributed by atoms with Gasteiger partial charge in [0.25, 0.3) is 0 Å². The minimum Gasteiger partial charge on any atom is -0.480 e. The van der Waals surface area contributed by atoms with Crippen molar-refractivity contribution in [1.82, 2.24) is 16.0 Å². The van der Waals surface area contributed by atoms with Gasteiger partial charge in [-0.1, -0.05) is 70.9 Å². The molecule has 1 rings (SSSR count). The SMILES string of the molecule is CCC(C)C(NC(=O)C(Cc1ccccc1)NC(=O)C(NC(=O)CN)C(C)CC)C(=O)O. The van der Waals surface area contributed by atoms with Crippen LogP contribution in [0, 0.1) is 11.8 Å². The Morgan fingerprint density at radius 3 is 1.94 bits per heavy atom. The lowest BCUT2D eigenvalue weighted by Gasteiger charge is -2.28. The molecule has 1 aromatic rings. The summed E-state index contributed by atoms with van der Waals surface area (Å²) in [5.74, 6) is -3.21. The van der Waals surface area contributed by atoms with Gasteiger partial charge in [-0.2, -0.15) is 0 Å². The van der Waals surface area contributed by atoms with Crippen LogP contribution < -0.4 is 21.7 Å². The molecule has 0 aromatic heterocycles. The Morgan fingerprint density at radius 1 is 0.875 bits per heavy atom. The summed E-state index contributed by atoms with van der Waals surface area (Å²) in [6.07, 6.45) is 1.35. The number of hydrogen-bond donors (Lipinski definition) is 5. The molecule has 9 nitrogen and oxygen atoms in total. The molecule has 0 aliphatic rings. The summed E-state index contributed by atoms with van der Waals surface area (Å²) in [4.78, 5) is 49.6. The second-order valence-corrected chi connectivity index (χ2v) is 8.10. The van der Waals surface area contributed by atoms with E-state index in [4.69, 9.17) is 5.73 Å². The van der Waals surface area contributed by atoms with Crippen molar-refractivity contribution in [3.63, 3.8) is 0 Å². The summed E-state index contributed by atoms with van der Waals surface area (Å²) in [5, 5.41) is 17.4. The fourth-order valence-electron chi connectivity index (χ4n) is 3.19. The fourth-order valence-corrected chi connectivity index (χ4v) is 3.19. The van der Waals surface area contributed by atoms with Crippen LogP contribution in [0.15, 0.2) is 30.3 Å². The van der Waals surface area contributed by atoms with E-state index in [9.17, 15) is 24.3 Å². The van der Waals surface area contributed by atoms with Gasteiger partial charge in [0.05, 0.1) is 6.54 Å². The third-order valence-electron chi connectivity index (χ3n) is 5.69. The second-order valence-electron chi connectivity index (χ2n) is 8.10. The van der Waals surface area contributed by atoms with E-state index in [0.29, 0.717) is 12.8 Å². The van der Waals surface area contributed by atoms with Crippen molar-refractivity contribution in [2.45, 2.75) is 65.1 Å². The molecule has 32 heavy (non-hydrogen) atoms. The minimum atomic E-state index is -1.13.